The molecule has 1 amide bonds. The first kappa shape index (κ1) is 11.4. The molecule has 0 radical (unpaired) electrons. The zero-order valence-corrected chi connectivity index (χ0v) is 9.44. The second kappa shape index (κ2) is 4.40. The molecule has 16 heavy (non-hydrogen) atoms. The maximum absolute atomic E-state index is 12.2. The number of nitriles is 1. The fraction of sp³-hybridized carbons (Fsp3) is 0.818. The monoisotopic (exact) mass is 224 g/mol. The lowest BCUT2D eigenvalue weighted by atomic mass is 10.0. The fourth-order valence-electron chi connectivity index (χ4n) is 2.19. The van der Waals surface area contributed by atoms with Gasteiger partial charge in [0.05, 0.1) is 19.2 Å². The molecule has 0 bridgehead atoms. The lowest BCUT2D eigenvalue weighted by Gasteiger charge is -2.35. The van der Waals surface area contributed by atoms with E-state index in [1.165, 1.54) is 0 Å². The Balaban J connectivity index is 2.01. The number of morpholine rings is 1. The molecule has 2 rings (SSSR count). The molecule has 0 aliphatic carbocycles. The summed E-state index contributed by atoms with van der Waals surface area (Å²) in [6.07, 6.45) is 1.19. The van der Waals surface area contributed by atoms with Crippen LogP contribution in [-0.4, -0.2) is 48.8 Å². The first-order chi connectivity index (χ1) is 7.65. The number of hydrogen-bond donors (Lipinski definition) is 0. The highest BCUT2D eigenvalue weighted by atomic mass is 16.5. The molecule has 5 heteroatoms. The van der Waals surface area contributed by atoms with Gasteiger partial charge in [-0.15, -0.1) is 0 Å². The summed E-state index contributed by atoms with van der Waals surface area (Å²) in [5, 5.41) is 8.78. The predicted molar refractivity (Wildman–Crippen MR) is 55.5 cm³/mol. The summed E-state index contributed by atoms with van der Waals surface area (Å²) in [7, 11) is 0. The Hall–Kier alpha value is -1.12. The van der Waals surface area contributed by atoms with E-state index in [-0.39, 0.29) is 5.91 Å². The smallest absolute Gasteiger partial charge is 0.254 e. The maximum Gasteiger partial charge on any atom is 0.254 e. The number of carbonyl (C=O) groups excluding carboxylic acids is 1. The van der Waals surface area contributed by atoms with E-state index in [4.69, 9.17) is 14.7 Å². The van der Waals surface area contributed by atoms with Gasteiger partial charge in [0.25, 0.3) is 5.91 Å². The SMILES string of the molecule is CC1(C(=O)N2CCOC(C#N)C2)CCCO1. The first-order valence-electron chi connectivity index (χ1n) is 5.60. The van der Waals surface area contributed by atoms with Crippen molar-refractivity contribution in [3.63, 3.8) is 0 Å². The molecule has 2 aliphatic heterocycles. The van der Waals surface area contributed by atoms with Crippen LogP contribution in [0.15, 0.2) is 0 Å². The van der Waals surface area contributed by atoms with Gasteiger partial charge in [-0.3, -0.25) is 4.79 Å². The van der Waals surface area contributed by atoms with Crippen LogP contribution in [0, 0.1) is 11.3 Å². The van der Waals surface area contributed by atoms with E-state index in [0.29, 0.717) is 26.3 Å². The zero-order chi connectivity index (χ0) is 11.6. The van der Waals surface area contributed by atoms with Gasteiger partial charge in [0.1, 0.15) is 5.60 Å². The molecular weight excluding hydrogens is 208 g/mol. The van der Waals surface area contributed by atoms with Crippen molar-refractivity contribution >= 4 is 5.91 Å². The van der Waals surface area contributed by atoms with E-state index in [9.17, 15) is 4.79 Å². The molecule has 2 aliphatic rings. The summed E-state index contributed by atoms with van der Waals surface area (Å²) in [5.41, 5.74) is -0.683. The Morgan fingerprint density at radius 2 is 2.38 bits per heavy atom. The van der Waals surface area contributed by atoms with Gasteiger partial charge in [-0.25, -0.2) is 0 Å². The lowest BCUT2D eigenvalue weighted by Crippen LogP contribution is -2.53. The van der Waals surface area contributed by atoms with E-state index in [0.717, 1.165) is 12.8 Å². The highest BCUT2D eigenvalue weighted by Crippen LogP contribution is 2.27. The van der Waals surface area contributed by atoms with Crippen LogP contribution in [0.4, 0.5) is 0 Å². The number of rotatable bonds is 1. The van der Waals surface area contributed by atoms with Crippen molar-refractivity contribution < 1.29 is 14.3 Å². The van der Waals surface area contributed by atoms with Crippen LogP contribution in [-0.2, 0) is 14.3 Å². The Kier molecular flexibility index (Phi) is 3.13. The van der Waals surface area contributed by atoms with Gasteiger partial charge < -0.3 is 14.4 Å². The first-order valence-corrected chi connectivity index (χ1v) is 5.60. The normalized spacial score (nSPS) is 34.8. The summed E-state index contributed by atoms with van der Waals surface area (Å²) >= 11 is 0. The van der Waals surface area contributed by atoms with Crippen molar-refractivity contribution in [2.75, 3.05) is 26.3 Å². The van der Waals surface area contributed by atoms with Crippen LogP contribution in [0.5, 0.6) is 0 Å². The molecule has 2 unspecified atom stereocenters. The van der Waals surface area contributed by atoms with Crippen molar-refractivity contribution in [2.45, 2.75) is 31.5 Å². The van der Waals surface area contributed by atoms with E-state index in [1.807, 2.05) is 13.0 Å². The molecular formula is C11H16N2O3. The van der Waals surface area contributed by atoms with Gasteiger partial charge in [0.15, 0.2) is 6.10 Å². The number of hydrogen-bond acceptors (Lipinski definition) is 4. The topological polar surface area (TPSA) is 62.6 Å². The van der Waals surface area contributed by atoms with Crippen LogP contribution in [0.2, 0.25) is 0 Å². The number of nitrogens with zero attached hydrogens (tertiary/aromatic N) is 2. The van der Waals surface area contributed by atoms with Gasteiger partial charge >= 0.3 is 0 Å². The molecule has 2 heterocycles. The Morgan fingerprint density at radius 3 is 3.00 bits per heavy atom. The molecule has 0 aromatic carbocycles. The standard InChI is InChI=1S/C11H16N2O3/c1-11(3-2-5-16-11)10(14)13-4-6-15-9(7-12)8-13/h9H,2-6,8H2,1H3. The molecule has 2 saturated heterocycles. The quantitative estimate of drug-likeness (QED) is 0.643. The van der Waals surface area contributed by atoms with Crippen LogP contribution in [0.25, 0.3) is 0 Å². The van der Waals surface area contributed by atoms with Crippen molar-refractivity contribution in [1.29, 1.82) is 5.26 Å². The van der Waals surface area contributed by atoms with Crippen LogP contribution in [0.3, 0.4) is 0 Å². The third kappa shape index (κ3) is 2.04. The van der Waals surface area contributed by atoms with Crippen molar-refractivity contribution in [1.82, 2.24) is 4.90 Å². The Labute approximate surface area is 94.9 Å². The third-order valence-corrected chi connectivity index (χ3v) is 3.17. The minimum absolute atomic E-state index is 0.00597. The maximum atomic E-state index is 12.2. The van der Waals surface area contributed by atoms with Crippen LogP contribution >= 0.6 is 0 Å². The van der Waals surface area contributed by atoms with E-state index in [1.54, 1.807) is 4.90 Å². The second-order valence-corrected chi connectivity index (χ2v) is 4.42. The van der Waals surface area contributed by atoms with Crippen LogP contribution < -0.4 is 0 Å². The molecule has 0 saturated carbocycles. The van der Waals surface area contributed by atoms with Crippen LogP contribution in [0.1, 0.15) is 19.8 Å². The second-order valence-electron chi connectivity index (χ2n) is 4.42. The average Bonchev–Trinajstić information content (AvgIpc) is 2.76. The van der Waals surface area contributed by atoms with Gasteiger partial charge in [-0.1, -0.05) is 0 Å². The summed E-state index contributed by atoms with van der Waals surface area (Å²) in [4.78, 5) is 13.9. The van der Waals surface area contributed by atoms with Crippen molar-refractivity contribution in [3.8, 4) is 6.07 Å². The average molecular weight is 224 g/mol. The number of ether oxygens (including phenoxy) is 2. The highest BCUT2D eigenvalue weighted by Gasteiger charge is 2.41. The number of carbonyl (C=O) groups is 1. The number of amides is 1. The minimum Gasteiger partial charge on any atom is -0.365 e. The van der Waals surface area contributed by atoms with E-state index in [2.05, 4.69) is 0 Å². The molecule has 0 spiro atoms. The van der Waals surface area contributed by atoms with Crippen molar-refractivity contribution in [3.05, 3.63) is 0 Å². The molecule has 88 valence electrons. The zero-order valence-electron chi connectivity index (χ0n) is 9.44. The molecule has 0 N–H and O–H groups in total. The minimum atomic E-state index is -0.683. The van der Waals surface area contributed by atoms with Gasteiger partial charge in [-0.05, 0) is 19.8 Å². The fourth-order valence-corrected chi connectivity index (χ4v) is 2.19. The van der Waals surface area contributed by atoms with E-state index >= 15 is 0 Å². The molecule has 5 nitrogen and oxygen atoms in total. The third-order valence-electron chi connectivity index (χ3n) is 3.17. The van der Waals surface area contributed by atoms with Gasteiger partial charge in [0, 0.05) is 13.2 Å². The Morgan fingerprint density at radius 1 is 1.56 bits per heavy atom. The molecule has 0 aromatic rings. The van der Waals surface area contributed by atoms with Gasteiger partial charge in [-0.2, -0.15) is 5.26 Å². The van der Waals surface area contributed by atoms with E-state index < -0.39 is 11.7 Å². The van der Waals surface area contributed by atoms with Crippen molar-refractivity contribution in [2.24, 2.45) is 0 Å². The van der Waals surface area contributed by atoms with Gasteiger partial charge in [0.2, 0.25) is 0 Å². The molecule has 0 aromatic heterocycles. The summed E-state index contributed by atoms with van der Waals surface area (Å²) < 4.78 is 10.7. The molecule has 2 atom stereocenters. The predicted octanol–water partition coefficient (Wildman–Crippen LogP) is 0.306. The largest absolute Gasteiger partial charge is 0.365 e. The lowest BCUT2D eigenvalue weighted by molar-refractivity contribution is -0.156. The summed E-state index contributed by atoms with van der Waals surface area (Å²) in [5.74, 6) is -0.00597. The summed E-state index contributed by atoms with van der Waals surface area (Å²) in [6, 6.07) is 2.03. The highest BCUT2D eigenvalue weighted by molar-refractivity contribution is 5.85. The Bertz CT molecular complexity index is 318. The summed E-state index contributed by atoms with van der Waals surface area (Å²) in [6.45, 7) is 3.82. The molecule has 2 fully saturated rings.